The quantitative estimate of drug-likeness (QED) is 0.136. The topological polar surface area (TPSA) is 284 Å². The molecule has 9 aromatic heterocycles. The van der Waals surface area contributed by atoms with Crippen molar-refractivity contribution in [1.29, 1.82) is 0 Å². The molecule has 0 spiro atoms. The summed E-state index contributed by atoms with van der Waals surface area (Å²) in [6.45, 7) is 65.2. The Morgan fingerprint density at radius 1 is 0.204 bits per heavy atom. The van der Waals surface area contributed by atoms with Gasteiger partial charge in [-0.05, 0) is 122 Å². The Morgan fingerprint density at radius 3 is 0.971 bits per heavy atom. The highest BCUT2D eigenvalue weighted by molar-refractivity contribution is 5.85. The van der Waals surface area contributed by atoms with Gasteiger partial charge < -0.3 is 0 Å². The highest BCUT2D eigenvalue weighted by Crippen LogP contribution is 2.16. The van der Waals surface area contributed by atoms with Gasteiger partial charge in [-0.3, -0.25) is 9.97 Å². The Labute approximate surface area is 625 Å². The zero-order valence-electron chi connectivity index (χ0n) is 69.5. The molecule has 3 aromatic carbocycles. The van der Waals surface area contributed by atoms with Gasteiger partial charge in [-0.15, -0.1) is 15.3 Å². The molecule has 12 rings (SSSR count). The van der Waals surface area contributed by atoms with Crippen LogP contribution in [0, 0.1) is 76.2 Å². The number of hydrogen-bond donors (Lipinski definition) is 0. The number of hydrogen-bond acceptors (Lipinski definition) is 22. The van der Waals surface area contributed by atoms with Crippen LogP contribution in [0.1, 0.15) is 215 Å². The standard InChI is InChI=1S/C11H10.C7H8.5C5H6N2.4C4H5N3.11C2H6/c1-9-5-4-7-10-6-2-3-8-11(9)10;1-7-5-3-2-4-6-7;1-5-2-6-4-7-3-5;1-5-4-6-2-3-7-5;1-5-2-3-6-4-7-5;1-5-2-3-6-7-4-5;1-5-6-3-2-4-7-5;1-4-6-2-5-3-7-4;1-4-2-6-7-3-5-4;1-4-2-5-3-6-7-4;1-4-5-2-3-6-7-4;11*1-2/h2-8H,1H3;2-6H,1H3;5*2-4H,1H3;4*2-3H,1H3;11*1-2H3. The van der Waals surface area contributed by atoms with Gasteiger partial charge >= 0.3 is 0 Å². The van der Waals surface area contributed by atoms with Crippen LogP contribution in [-0.4, -0.2) is 111 Å². The summed E-state index contributed by atoms with van der Waals surface area (Å²) in [6.07, 6.45) is 32.4. The van der Waals surface area contributed by atoms with Gasteiger partial charge in [-0.2, -0.15) is 25.5 Å². The van der Waals surface area contributed by atoms with E-state index >= 15 is 0 Å². The Balaban J connectivity index is -0.000000113. The molecular weight excluding hydrogens is 1280 g/mol. The lowest BCUT2D eigenvalue weighted by Crippen LogP contribution is -1.85. The summed E-state index contributed by atoms with van der Waals surface area (Å²) < 4.78 is 0. The van der Waals surface area contributed by atoms with Crippen molar-refractivity contribution in [3.63, 3.8) is 0 Å². The van der Waals surface area contributed by atoms with Crippen molar-refractivity contribution in [2.24, 2.45) is 0 Å². The van der Waals surface area contributed by atoms with E-state index in [2.05, 4.69) is 179 Å². The molecule has 0 bridgehead atoms. The van der Waals surface area contributed by atoms with Crippen molar-refractivity contribution < 1.29 is 0 Å². The lowest BCUT2D eigenvalue weighted by Gasteiger charge is -1.98. The summed E-state index contributed by atoms with van der Waals surface area (Å²) in [5, 5.41) is 31.3. The first kappa shape index (κ1) is 114. The second-order valence-corrected chi connectivity index (χ2v) is 16.2. The number of aromatic nitrogens is 22. The molecule has 0 aliphatic heterocycles. The molecule has 0 aliphatic rings. The van der Waals surface area contributed by atoms with Crippen LogP contribution in [0.5, 0.6) is 0 Å². The molecule has 22 nitrogen and oxygen atoms in total. The Bertz CT molecular complexity index is 2670. The fraction of sp³-hybridized carbons (Fsp3) is 0.407. The minimum absolute atomic E-state index is 0.711. The Morgan fingerprint density at radius 2 is 0.689 bits per heavy atom. The van der Waals surface area contributed by atoms with Crippen molar-refractivity contribution in [3.05, 3.63) is 278 Å². The SMILES string of the molecule is CC.CC.CC.CC.CC.CC.CC.CC.CC.CC.CC.Cc1cccc2ccccc12.Cc1ccccc1.Cc1ccncn1.Cc1ccnnc1.Cc1cnccn1.Cc1cncnc1.Cc1cncnn1.Cc1cnncn1.Cc1ncccn1.Cc1nccnn1.Cc1ncncn1. The van der Waals surface area contributed by atoms with Crippen LogP contribution >= 0.6 is 0 Å². The predicted octanol–water partition coefficient (Wildman–Crippen LogP) is 21.1. The van der Waals surface area contributed by atoms with Crippen molar-refractivity contribution in [1.82, 2.24) is 111 Å². The largest absolute Gasteiger partial charge is 0.261 e. The summed E-state index contributed by atoms with van der Waals surface area (Å²) in [5.41, 5.74) is 8.64. The number of nitrogens with zero attached hydrogens (tertiary/aromatic N) is 22. The molecule has 0 radical (unpaired) electrons. The zero-order chi connectivity index (χ0) is 80.8. The molecule has 0 saturated heterocycles. The van der Waals surface area contributed by atoms with Crippen LogP contribution in [0.15, 0.2) is 216 Å². The third-order valence-electron chi connectivity index (χ3n) is 8.93. The van der Waals surface area contributed by atoms with Crippen LogP contribution in [0.25, 0.3) is 10.8 Å². The Kier molecular flexibility index (Phi) is 113. The fourth-order valence-electron chi connectivity index (χ4n) is 4.98. The normalized spacial score (nSPS) is 7.66. The fourth-order valence-corrected chi connectivity index (χ4v) is 4.98. The zero-order valence-corrected chi connectivity index (χ0v) is 69.5. The highest BCUT2D eigenvalue weighted by atomic mass is 15.1. The summed E-state index contributed by atoms with van der Waals surface area (Å²) in [4.78, 5) is 53.1. The minimum Gasteiger partial charge on any atom is -0.261 e. The van der Waals surface area contributed by atoms with E-state index in [-0.39, 0.29) is 0 Å². The van der Waals surface area contributed by atoms with E-state index in [4.69, 9.17) is 0 Å². The minimum atomic E-state index is 0.711. The first-order valence-electron chi connectivity index (χ1n) is 35.8. The molecule has 0 fully saturated rings. The molecule has 0 unspecified atom stereocenters. The van der Waals surface area contributed by atoms with Crippen molar-refractivity contribution in [3.8, 4) is 0 Å². The molecule has 12 aromatic rings. The molecular formula is C81H134N22. The van der Waals surface area contributed by atoms with Gasteiger partial charge in [0.25, 0.3) is 0 Å². The molecule has 0 aliphatic carbocycles. The van der Waals surface area contributed by atoms with E-state index in [0.717, 1.165) is 45.6 Å². The van der Waals surface area contributed by atoms with Crippen molar-refractivity contribution in [2.75, 3.05) is 0 Å². The molecule has 0 saturated carbocycles. The van der Waals surface area contributed by atoms with Gasteiger partial charge in [-0.25, -0.2) is 59.8 Å². The lowest BCUT2D eigenvalue weighted by atomic mass is 10.1. The number of aryl methyl sites for hydroxylation is 11. The molecule has 568 valence electrons. The van der Waals surface area contributed by atoms with Crippen molar-refractivity contribution >= 4 is 10.8 Å². The van der Waals surface area contributed by atoms with Crippen LogP contribution in [0.2, 0.25) is 0 Å². The summed E-state index contributed by atoms with van der Waals surface area (Å²) >= 11 is 0. The van der Waals surface area contributed by atoms with E-state index in [1.165, 1.54) is 59.9 Å². The summed E-state index contributed by atoms with van der Waals surface area (Å²) in [7, 11) is 0. The van der Waals surface area contributed by atoms with Gasteiger partial charge in [0.1, 0.15) is 55.4 Å². The maximum Gasteiger partial charge on any atom is 0.147 e. The third-order valence-corrected chi connectivity index (χ3v) is 8.93. The average Bonchev–Trinajstić information content (AvgIpc) is 0.846. The highest BCUT2D eigenvalue weighted by Gasteiger charge is 1.92. The van der Waals surface area contributed by atoms with Crippen LogP contribution in [-0.2, 0) is 0 Å². The summed E-state index contributed by atoms with van der Waals surface area (Å²) in [6, 6.07) is 30.7. The van der Waals surface area contributed by atoms with Gasteiger partial charge in [0.05, 0.1) is 41.9 Å². The number of benzene rings is 3. The molecule has 103 heavy (non-hydrogen) atoms. The number of rotatable bonds is 0. The molecule has 22 heteroatoms. The Hall–Kier alpha value is -10.6. The summed E-state index contributed by atoms with van der Waals surface area (Å²) in [5.74, 6) is 2.29. The third kappa shape index (κ3) is 89.3. The maximum atomic E-state index is 3.92. The average molecular weight is 1420 g/mol. The second-order valence-electron chi connectivity index (χ2n) is 16.2. The monoisotopic (exact) mass is 1420 g/mol. The first-order chi connectivity index (χ1) is 50.3. The van der Waals surface area contributed by atoms with E-state index in [1.807, 2.05) is 238 Å². The first-order valence-corrected chi connectivity index (χ1v) is 35.8. The van der Waals surface area contributed by atoms with Gasteiger partial charge in [0.15, 0.2) is 0 Å². The van der Waals surface area contributed by atoms with Gasteiger partial charge in [0, 0.05) is 67.7 Å². The lowest BCUT2D eigenvalue weighted by molar-refractivity contribution is 0.907. The van der Waals surface area contributed by atoms with E-state index < -0.39 is 0 Å². The van der Waals surface area contributed by atoms with E-state index in [1.54, 1.807) is 99.7 Å². The molecule has 0 atom stereocenters. The van der Waals surface area contributed by atoms with Crippen LogP contribution in [0.4, 0.5) is 0 Å². The molecule has 9 heterocycles. The van der Waals surface area contributed by atoms with E-state index in [9.17, 15) is 0 Å². The van der Waals surface area contributed by atoms with E-state index in [0.29, 0.717) is 5.82 Å². The van der Waals surface area contributed by atoms with Gasteiger partial charge in [0.2, 0.25) is 0 Å². The molecule has 0 N–H and O–H groups in total. The van der Waals surface area contributed by atoms with Gasteiger partial charge in [-0.1, -0.05) is 231 Å². The van der Waals surface area contributed by atoms with Crippen molar-refractivity contribution in [2.45, 2.75) is 228 Å². The van der Waals surface area contributed by atoms with Crippen LogP contribution < -0.4 is 0 Å². The van der Waals surface area contributed by atoms with Crippen LogP contribution in [0.3, 0.4) is 0 Å². The smallest absolute Gasteiger partial charge is 0.147 e. The second kappa shape index (κ2) is 102. The maximum absolute atomic E-state index is 3.92. The predicted molar refractivity (Wildman–Crippen MR) is 437 cm³/mol. The molecule has 0 amide bonds. The number of fused-ring (bicyclic) bond motifs is 1.